The zero-order chi connectivity index (χ0) is 18.5. The third-order valence-electron chi connectivity index (χ3n) is 4.04. The highest BCUT2D eigenvalue weighted by Crippen LogP contribution is 2.14. The Balaban J connectivity index is 2.47. The molecule has 1 aliphatic rings. The molecule has 0 bridgehead atoms. The van der Waals surface area contributed by atoms with Crippen LogP contribution in [-0.2, 0) is 14.3 Å². The molecular formula is C17H34N4O3S. The minimum Gasteiger partial charge on any atom is -0.385 e. The molecule has 1 heterocycles. The number of piperidine rings is 1. The summed E-state index contributed by atoms with van der Waals surface area (Å²) in [6.45, 7) is 4.33. The average molecular weight is 375 g/mol. The summed E-state index contributed by atoms with van der Waals surface area (Å²) in [5.74, 6) is 1.86. The first kappa shape index (κ1) is 22.1. The molecule has 1 saturated heterocycles. The highest BCUT2D eigenvalue weighted by molar-refractivity contribution is 7.98. The lowest BCUT2D eigenvalue weighted by molar-refractivity contribution is -0.127. The molecule has 1 rings (SSSR count). The molecule has 1 N–H and O–H groups in total. The zero-order valence-electron chi connectivity index (χ0n) is 16.1. The van der Waals surface area contributed by atoms with Gasteiger partial charge in [0.25, 0.3) is 0 Å². The van der Waals surface area contributed by atoms with E-state index in [-0.39, 0.29) is 12.5 Å². The van der Waals surface area contributed by atoms with Gasteiger partial charge in [0, 0.05) is 59.8 Å². The Morgan fingerprint density at radius 3 is 2.64 bits per heavy atom. The van der Waals surface area contributed by atoms with Crippen LogP contribution in [0.4, 0.5) is 0 Å². The first-order valence-corrected chi connectivity index (χ1v) is 10.3. The number of hydrogen-bond acceptors (Lipinski definition) is 5. The fraction of sp³-hybridized carbons (Fsp3) is 0.882. The summed E-state index contributed by atoms with van der Waals surface area (Å²) in [4.78, 5) is 20.2. The van der Waals surface area contributed by atoms with Crippen LogP contribution in [0.1, 0.15) is 19.3 Å². The Kier molecular flexibility index (Phi) is 11.7. The first-order valence-electron chi connectivity index (χ1n) is 8.91. The molecule has 1 aliphatic heterocycles. The third-order valence-corrected chi connectivity index (χ3v) is 4.65. The normalized spacial score (nSPS) is 16.2. The van der Waals surface area contributed by atoms with Gasteiger partial charge in [0.1, 0.15) is 6.54 Å². The standard InChI is InChI=1S/C17H34N4O3S/c1-20(2)16(22)14-19-17(18-8-13-25-4)21-9-6-15(7-10-21)24-12-5-11-23-3/h15H,5-14H2,1-4H3,(H,18,19). The Labute approximate surface area is 156 Å². The number of rotatable bonds is 10. The molecule has 0 radical (unpaired) electrons. The van der Waals surface area contributed by atoms with E-state index in [1.54, 1.807) is 37.9 Å². The van der Waals surface area contributed by atoms with Crippen LogP contribution in [0, 0.1) is 0 Å². The van der Waals surface area contributed by atoms with Crippen LogP contribution < -0.4 is 5.32 Å². The summed E-state index contributed by atoms with van der Waals surface area (Å²) in [5.41, 5.74) is 0. The van der Waals surface area contributed by atoms with E-state index in [2.05, 4.69) is 21.5 Å². The van der Waals surface area contributed by atoms with E-state index in [0.29, 0.717) is 6.10 Å². The van der Waals surface area contributed by atoms with Crippen molar-refractivity contribution < 1.29 is 14.3 Å². The van der Waals surface area contributed by atoms with Gasteiger partial charge in [-0.1, -0.05) is 0 Å². The lowest BCUT2D eigenvalue weighted by atomic mass is 10.1. The van der Waals surface area contributed by atoms with Gasteiger partial charge in [-0.2, -0.15) is 11.8 Å². The van der Waals surface area contributed by atoms with E-state index in [0.717, 1.165) is 63.8 Å². The quantitative estimate of drug-likeness (QED) is 0.348. The number of nitrogens with one attached hydrogen (secondary N) is 1. The summed E-state index contributed by atoms with van der Waals surface area (Å²) >= 11 is 1.79. The van der Waals surface area contributed by atoms with Crippen molar-refractivity contribution in [3.63, 3.8) is 0 Å². The molecule has 0 saturated carbocycles. The van der Waals surface area contributed by atoms with Gasteiger partial charge >= 0.3 is 0 Å². The number of carbonyl (C=O) groups is 1. The van der Waals surface area contributed by atoms with E-state index in [4.69, 9.17) is 9.47 Å². The molecule has 0 atom stereocenters. The number of thioether (sulfide) groups is 1. The van der Waals surface area contributed by atoms with Gasteiger partial charge in [0.2, 0.25) is 5.91 Å². The number of likely N-dealkylation sites (N-methyl/N-ethyl adjacent to an activating group) is 1. The average Bonchev–Trinajstić information content (AvgIpc) is 2.62. The number of ether oxygens (including phenoxy) is 2. The summed E-state index contributed by atoms with van der Waals surface area (Å²) in [5, 5.41) is 3.39. The highest BCUT2D eigenvalue weighted by Gasteiger charge is 2.22. The van der Waals surface area contributed by atoms with Gasteiger partial charge in [-0.3, -0.25) is 4.79 Å². The molecule has 0 unspecified atom stereocenters. The number of hydrogen-bond donors (Lipinski definition) is 1. The zero-order valence-corrected chi connectivity index (χ0v) is 16.9. The molecule has 0 aliphatic carbocycles. The van der Waals surface area contributed by atoms with Gasteiger partial charge in [-0.05, 0) is 25.5 Å². The summed E-state index contributed by atoms with van der Waals surface area (Å²) in [6, 6.07) is 0. The van der Waals surface area contributed by atoms with Gasteiger partial charge in [-0.25, -0.2) is 4.99 Å². The van der Waals surface area contributed by atoms with Crippen molar-refractivity contribution in [1.29, 1.82) is 0 Å². The van der Waals surface area contributed by atoms with Crippen LogP contribution in [-0.4, -0.2) is 100 Å². The fourth-order valence-corrected chi connectivity index (χ4v) is 2.81. The highest BCUT2D eigenvalue weighted by atomic mass is 32.2. The van der Waals surface area contributed by atoms with Crippen LogP contribution >= 0.6 is 11.8 Å². The molecule has 7 nitrogen and oxygen atoms in total. The number of aliphatic imine (C=N–C) groups is 1. The maximum Gasteiger partial charge on any atom is 0.243 e. The maximum absolute atomic E-state index is 11.8. The van der Waals surface area contributed by atoms with Crippen molar-refractivity contribution in [2.75, 3.05) is 72.6 Å². The molecule has 0 aromatic rings. The summed E-state index contributed by atoms with van der Waals surface area (Å²) < 4.78 is 11.0. The number of guanidine groups is 1. The molecule has 0 spiro atoms. The number of nitrogens with zero attached hydrogens (tertiary/aromatic N) is 3. The minimum absolute atomic E-state index is 0.0144. The number of likely N-dealkylation sites (tertiary alicyclic amines) is 1. The molecule has 1 amide bonds. The van der Waals surface area contributed by atoms with Gasteiger partial charge in [0.05, 0.1) is 6.10 Å². The molecule has 1 fully saturated rings. The Hall–Kier alpha value is -0.990. The molecular weight excluding hydrogens is 340 g/mol. The van der Waals surface area contributed by atoms with E-state index in [9.17, 15) is 4.79 Å². The van der Waals surface area contributed by atoms with Gasteiger partial charge in [0.15, 0.2) is 5.96 Å². The minimum atomic E-state index is 0.0144. The number of carbonyl (C=O) groups excluding carboxylic acids is 1. The monoisotopic (exact) mass is 374 g/mol. The van der Waals surface area contributed by atoms with Crippen molar-refractivity contribution in [2.24, 2.45) is 4.99 Å². The second kappa shape index (κ2) is 13.2. The third kappa shape index (κ3) is 9.32. The number of amides is 1. The lowest BCUT2D eigenvalue weighted by Crippen LogP contribution is -2.48. The molecule has 0 aromatic carbocycles. The maximum atomic E-state index is 11.8. The smallest absolute Gasteiger partial charge is 0.243 e. The predicted molar refractivity (Wildman–Crippen MR) is 104 cm³/mol. The summed E-state index contributed by atoms with van der Waals surface area (Å²) in [6.07, 6.45) is 5.30. The molecule has 25 heavy (non-hydrogen) atoms. The SMILES string of the molecule is COCCCOC1CCN(C(=NCC(=O)N(C)C)NCCSC)CC1. The van der Waals surface area contributed by atoms with Crippen molar-refractivity contribution in [3.05, 3.63) is 0 Å². The first-order chi connectivity index (χ1) is 12.1. The molecule has 0 aromatic heterocycles. The van der Waals surface area contributed by atoms with Crippen LogP contribution in [0.25, 0.3) is 0 Å². The van der Waals surface area contributed by atoms with Crippen molar-refractivity contribution in [2.45, 2.75) is 25.4 Å². The van der Waals surface area contributed by atoms with Crippen molar-refractivity contribution >= 4 is 23.6 Å². The van der Waals surface area contributed by atoms with E-state index < -0.39 is 0 Å². The van der Waals surface area contributed by atoms with E-state index in [1.165, 1.54) is 0 Å². The van der Waals surface area contributed by atoms with Crippen LogP contribution in [0.5, 0.6) is 0 Å². The topological polar surface area (TPSA) is 66.4 Å². The van der Waals surface area contributed by atoms with Crippen LogP contribution in [0.3, 0.4) is 0 Å². The van der Waals surface area contributed by atoms with E-state index in [1.807, 2.05) is 0 Å². The summed E-state index contributed by atoms with van der Waals surface area (Å²) in [7, 11) is 5.22. The van der Waals surface area contributed by atoms with Gasteiger partial charge in [-0.15, -0.1) is 0 Å². The van der Waals surface area contributed by atoms with E-state index >= 15 is 0 Å². The van der Waals surface area contributed by atoms with Crippen LogP contribution in [0.15, 0.2) is 4.99 Å². The Bertz CT molecular complexity index is 399. The Morgan fingerprint density at radius 1 is 1.32 bits per heavy atom. The number of methoxy groups -OCH3 is 1. The lowest BCUT2D eigenvalue weighted by Gasteiger charge is -2.34. The molecule has 146 valence electrons. The second-order valence-corrected chi connectivity index (χ2v) is 7.24. The largest absolute Gasteiger partial charge is 0.385 e. The fourth-order valence-electron chi connectivity index (χ4n) is 2.50. The Morgan fingerprint density at radius 2 is 2.04 bits per heavy atom. The van der Waals surface area contributed by atoms with Crippen molar-refractivity contribution in [1.82, 2.24) is 15.1 Å². The molecule has 8 heteroatoms. The second-order valence-electron chi connectivity index (χ2n) is 6.25. The van der Waals surface area contributed by atoms with Crippen molar-refractivity contribution in [3.8, 4) is 0 Å². The predicted octanol–water partition coefficient (Wildman–Crippen LogP) is 0.901. The van der Waals surface area contributed by atoms with Gasteiger partial charge < -0.3 is 24.6 Å². The van der Waals surface area contributed by atoms with Crippen LogP contribution in [0.2, 0.25) is 0 Å².